The van der Waals surface area contributed by atoms with Gasteiger partial charge in [-0.3, -0.25) is 9.59 Å². The third-order valence-corrected chi connectivity index (χ3v) is 5.67. The quantitative estimate of drug-likeness (QED) is 0.537. The fourth-order valence-corrected chi connectivity index (χ4v) is 4.02. The second-order valence-electron chi connectivity index (χ2n) is 7.52. The summed E-state index contributed by atoms with van der Waals surface area (Å²) in [5.41, 5.74) is 5.18. The molecule has 0 aromatic heterocycles. The fraction of sp³-hybridized carbons (Fsp3) is 0.391. The maximum Gasteiger partial charge on any atom is 0.303 e. The molecule has 2 aromatic carbocycles. The number of carbonyl (C=O) groups is 2. The number of fused-ring (bicyclic) bond motifs is 2. The maximum atomic E-state index is 9.64. The van der Waals surface area contributed by atoms with E-state index >= 15 is 0 Å². The molecule has 1 unspecified atom stereocenters. The third kappa shape index (κ3) is 6.35. The van der Waals surface area contributed by atoms with E-state index in [0.29, 0.717) is 5.92 Å². The molecule has 4 N–H and O–H groups in total. The van der Waals surface area contributed by atoms with Crippen LogP contribution in [0.1, 0.15) is 35.4 Å². The van der Waals surface area contributed by atoms with E-state index in [9.17, 15) is 9.59 Å². The number of rotatable bonds is 6. The fourth-order valence-electron chi connectivity index (χ4n) is 3.77. The number of benzene rings is 2. The highest BCUT2D eigenvalue weighted by Crippen LogP contribution is 2.35. The summed E-state index contributed by atoms with van der Waals surface area (Å²) < 4.78 is 5.78. The lowest BCUT2D eigenvalue weighted by Gasteiger charge is -2.18. The molecule has 0 amide bonds. The van der Waals surface area contributed by atoms with Gasteiger partial charge in [0.1, 0.15) is 5.75 Å². The Hall–Kier alpha value is -2.77. The number of nitrogens with one attached hydrogen (secondary N) is 2. The lowest BCUT2D eigenvalue weighted by atomic mass is 9.99. The van der Waals surface area contributed by atoms with E-state index in [4.69, 9.17) is 26.6 Å². The Balaban J connectivity index is 0.000000293. The molecule has 2 aliphatic rings. The van der Waals surface area contributed by atoms with E-state index < -0.39 is 11.9 Å². The van der Waals surface area contributed by atoms with E-state index in [-0.39, 0.29) is 12.8 Å². The van der Waals surface area contributed by atoms with Gasteiger partial charge in [0.25, 0.3) is 0 Å². The molecule has 0 aliphatic carbocycles. The van der Waals surface area contributed by atoms with Gasteiger partial charge < -0.3 is 25.6 Å². The average Bonchev–Trinajstić information content (AvgIpc) is 3.00. The van der Waals surface area contributed by atoms with Crippen molar-refractivity contribution in [2.45, 2.75) is 31.6 Å². The molecule has 2 aromatic rings. The largest absolute Gasteiger partial charge is 0.493 e. The smallest absolute Gasteiger partial charge is 0.303 e. The van der Waals surface area contributed by atoms with Crippen LogP contribution >= 0.6 is 11.6 Å². The third-order valence-electron chi connectivity index (χ3n) is 5.36. The van der Waals surface area contributed by atoms with Crippen molar-refractivity contribution in [3.05, 3.63) is 58.1 Å². The van der Waals surface area contributed by atoms with Crippen LogP contribution in [0.5, 0.6) is 5.75 Å². The predicted octanol–water partition coefficient (Wildman–Crippen LogP) is 3.55. The molecule has 0 radical (unpaired) electrons. The van der Waals surface area contributed by atoms with Crippen LogP contribution in [0.4, 0.5) is 5.69 Å². The van der Waals surface area contributed by atoms with Gasteiger partial charge in [-0.05, 0) is 49.2 Å². The van der Waals surface area contributed by atoms with Gasteiger partial charge in [-0.15, -0.1) is 0 Å². The number of para-hydroxylation sites is 1. The standard InChI is InChI=1S/C19H21ClN2O.C4H6O4/c20-17-6-5-13-7-9-21-10-8-16(13)19(17)22-11-14-12-23-18-4-2-1-3-15(14)18;5-3(6)1-2-4(7)8/h1-6,14,21-22H,7-12H2;1-2H2,(H,5,6)(H,7,8). The number of hydrogen-bond acceptors (Lipinski definition) is 5. The molecule has 0 bridgehead atoms. The minimum absolute atomic E-state index is 0.296. The first-order valence-electron chi connectivity index (χ1n) is 10.4. The first kappa shape index (κ1) is 22.9. The normalized spacial score (nSPS) is 16.6. The first-order valence-corrected chi connectivity index (χ1v) is 10.7. The summed E-state index contributed by atoms with van der Waals surface area (Å²) >= 11 is 6.49. The Bertz CT molecular complexity index is 920. The number of hydrogen-bond donors (Lipinski definition) is 4. The highest BCUT2D eigenvalue weighted by molar-refractivity contribution is 6.33. The van der Waals surface area contributed by atoms with Gasteiger partial charge in [-0.25, -0.2) is 0 Å². The number of ether oxygens (including phenoxy) is 1. The molecule has 31 heavy (non-hydrogen) atoms. The van der Waals surface area contributed by atoms with Crippen molar-refractivity contribution in [2.75, 3.05) is 31.6 Å². The van der Waals surface area contributed by atoms with Crippen LogP contribution < -0.4 is 15.4 Å². The lowest BCUT2D eigenvalue weighted by Crippen LogP contribution is -2.17. The zero-order chi connectivity index (χ0) is 22.2. The second kappa shape index (κ2) is 11.0. The summed E-state index contributed by atoms with van der Waals surface area (Å²) in [5, 5.41) is 23.7. The molecule has 2 aliphatic heterocycles. The van der Waals surface area contributed by atoms with Crippen LogP contribution in [-0.4, -0.2) is 48.4 Å². The molecule has 7 nitrogen and oxygen atoms in total. The van der Waals surface area contributed by atoms with Crippen molar-refractivity contribution in [2.24, 2.45) is 0 Å². The van der Waals surface area contributed by atoms with E-state index in [1.54, 1.807) is 0 Å². The van der Waals surface area contributed by atoms with Gasteiger partial charge in [0.15, 0.2) is 0 Å². The number of halogens is 1. The molecule has 0 saturated heterocycles. The average molecular weight is 447 g/mol. The monoisotopic (exact) mass is 446 g/mol. The van der Waals surface area contributed by atoms with E-state index in [1.807, 2.05) is 18.2 Å². The first-order chi connectivity index (χ1) is 15.0. The van der Waals surface area contributed by atoms with E-state index in [0.717, 1.165) is 55.5 Å². The Morgan fingerprint density at radius 2 is 1.77 bits per heavy atom. The molecular formula is C23H27ClN2O5. The lowest BCUT2D eigenvalue weighted by molar-refractivity contribution is -0.143. The van der Waals surface area contributed by atoms with Crippen molar-refractivity contribution in [1.82, 2.24) is 5.32 Å². The summed E-state index contributed by atoms with van der Waals surface area (Å²) in [6.07, 6.45) is 1.50. The molecule has 8 heteroatoms. The Labute approximate surface area is 186 Å². The van der Waals surface area contributed by atoms with Gasteiger partial charge >= 0.3 is 11.9 Å². The van der Waals surface area contributed by atoms with Crippen molar-refractivity contribution < 1.29 is 24.5 Å². The Morgan fingerprint density at radius 1 is 1.06 bits per heavy atom. The minimum Gasteiger partial charge on any atom is -0.493 e. The Kier molecular flexibility index (Phi) is 8.14. The van der Waals surface area contributed by atoms with Crippen molar-refractivity contribution in [1.29, 1.82) is 0 Å². The predicted molar refractivity (Wildman–Crippen MR) is 119 cm³/mol. The van der Waals surface area contributed by atoms with Gasteiger partial charge in [0.05, 0.1) is 30.2 Å². The van der Waals surface area contributed by atoms with Gasteiger partial charge in [-0.2, -0.15) is 0 Å². The van der Waals surface area contributed by atoms with Gasteiger partial charge in [0.2, 0.25) is 0 Å². The van der Waals surface area contributed by atoms with Crippen LogP contribution in [0.15, 0.2) is 36.4 Å². The highest BCUT2D eigenvalue weighted by Gasteiger charge is 2.24. The summed E-state index contributed by atoms with van der Waals surface area (Å²) in [5.74, 6) is -0.761. The number of aliphatic carboxylic acids is 2. The van der Waals surface area contributed by atoms with Crippen molar-refractivity contribution in [3.63, 3.8) is 0 Å². The van der Waals surface area contributed by atoms with Gasteiger partial charge in [0, 0.05) is 18.0 Å². The maximum absolute atomic E-state index is 9.64. The number of carboxylic acids is 2. The van der Waals surface area contributed by atoms with Crippen LogP contribution in [0.2, 0.25) is 5.02 Å². The second-order valence-corrected chi connectivity index (χ2v) is 7.93. The van der Waals surface area contributed by atoms with Crippen LogP contribution in [0.3, 0.4) is 0 Å². The minimum atomic E-state index is -1.08. The molecule has 0 fully saturated rings. The van der Waals surface area contributed by atoms with E-state index in [2.05, 4.69) is 28.8 Å². The molecule has 0 saturated carbocycles. The summed E-state index contributed by atoms with van der Waals surface area (Å²) in [6, 6.07) is 12.5. The molecule has 1 atom stereocenters. The summed E-state index contributed by atoms with van der Waals surface area (Å²) in [4.78, 5) is 19.3. The van der Waals surface area contributed by atoms with Gasteiger partial charge in [-0.1, -0.05) is 35.9 Å². The zero-order valence-electron chi connectivity index (χ0n) is 17.2. The molecule has 2 heterocycles. The van der Waals surface area contributed by atoms with Crippen LogP contribution in [-0.2, 0) is 22.4 Å². The molecule has 166 valence electrons. The van der Waals surface area contributed by atoms with Crippen LogP contribution in [0, 0.1) is 0 Å². The highest BCUT2D eigenvalue weighted by atomic mass is 35.5. The molecular weight excluding hydrogens is 420 g/mol. The summed E-state index contributed by atoms with van der Waals surface area (Å²) in [7, 11) is 0. The SMILES string of the molecule is Clc1ccc2c(c1NCC1COc3ccccc31)CCNCC2.O=C(O)CCC(=O)O. The summed E-state index contributed by atoms with van der Waals surface area (Å²) in [6.45, 7) is 3.64. The number of carboxylic acid groups (broad SMARTS) is 2. The molecule has 4 rings (SSSR count). The Morgan fingerprint density at radius 3 is 2.52 bits per heavy atom. The van der Waals surface area contributed by atoms with Crippen molar-refractivity contribution in [3.8, 4) is 5.75 Å². The van der Waals surface area contributed by atoms with Crippen molar-refractivity contribution >= 4 is 29.2 Å². The van der Waals surface area contributed by atoms with Crippen LogP contribution in [0.25, 0.3) is 0 Å². The topological polar surface area (TPSA) is 108 Å². The number of anilines is 1. The zero-order valence-corrected chi connectivity index (χ0v) is 18.0. The molecule has 0 spiro atoms. The van der Waals surface area contributed by atoms with E-state index in [1.165, 1.54) is 16.7 Å².